The zero-order chi connectivity index (χ0) is 10.2. The van der Waals surface area contributed by atoms with E-state index in [0.29, 0.717) is 6.10 Å². The van der Waals surface area contributed by atoms with E-state index in [1.807, 2.05) is 0 Å². The largest absolute Gasteiger partial charge is 0.378 e. The molecule has 1 heterocycles. The Balaban J connectivity index is 2.03. The lowest BCUT2D eigenvalue weighted by Crippen LogP contribution is -2.12. The molecule has 14 heavy (non-hydrogen) atoms. The fourth-order valence-corrected chi connectivity index (χ4v) is 1.99. The molecular weight excluding hydrogens is 194 g/mol. The molecule has 0 aromatic carbocycles. The average molecular weight is 213 g/mol. The SMILES string of the molecule is CC(CCCN)OCCc1cccs1. The lowest BCUT2D eigenvalue weighted by Gasteiger charge is -2.11. The summed E-state index contributed by atoms with van der Waals surface area (Å²) in [6, 6.07) is 4.23. The van der Waals surface area contributed by atoms with Crippen LogP contribution in [-0.2, 0) is 11.2 Å². The van der Waals surface area contributed by atoms with Crippen molar-refractivity contribution in [2.45, 2.75) is 32.3 Å². The Morgan fingerprint density at radius 3 is 3.07 bits per heavy atom. The quantitative estimate of drug-likeness (QED) is 0.755. The maximum atomic E-state index is 5.67. The van der Waals surface area contributed by atoms with Gasteiger partial charge < -0.3 is 10.5 Å². The van der Waals surface area contributed by atoms with Gasteiger partial charge in [0, 0.05) is 11.3 Å². The first-order valence-electron chi connectivity index (χ1n) is 5.17. The predicted molar refractivity (Wildman–Crippen MR) is 61.7 cm³/mol. The van der Waals surface area contributed by atoms with Crippen molar-refractivity contribution in [1.82, 2.24) is 0 Å². The number of ether oxygens (including phenoxy) is 1. The van der Waals surface area contributed by atoms with Gasteiger partial charge in [0.2, 0.25) is 0 Å². The Bertz CT molecular complexity index is 223. The van der Waals surface area contributed by atoms with E-state index in [4.69, 9.17) is 10.5 Å². The van der Waals surface area contributed by atoms with Crippen LogP contribution in [0.1, 0.15) is 24.6 Å². The molecule has 0 radical (unpaired) electrons. The van der Waals surface area contributed by atoms with Gasteiger partial charge in [-0.2, -0.15) is 0 Å². The average Bonchev–Trinajstić information content (AvgIpc) is 2.67. The van der Waals surface area contributed by atoms with Crippen molar-refractivity contribution in [3.05, 3.63) is 22.4 Å². The first-order chi connectivity index (χ1) is 6.83. The molecule has 3 heteroatoms. The van der Waals surface area contributed by atoms with Crippen molar-refractivity contribution < 1.29 is 4.74 Å². The van der Waals surface area contributed by atoms with Crippen molar-refractivity contribution in [2.75, 3.05) is 13.2 Å². The molecule has 0 aliphatic rings. The van der Waals surface area contributed by atoms with Gasteiger partial charge in [-0.3, -0.25) is 0 Å². The third-order valence-corrected chi connectivity index (χ3v) is 3.08. The fourth-order valence-electron chi connectivity index (χ4n) is 1.30. The van der Waals surface area contributed by atoms with E-state index in [-0.39, 0.29) is 0 Å². The first-order valence-corrected chi connectivity index (χ1v) is 6.05. The third-order valence-electron chi connectivity index (χ3n) is 2.15. The van der Waals surface area contributed by atoms with Crippen molar-refractivity contribution >= 4 is 11.3 Å². The highest BCUT2D eigenvalue weighted by Gasteiger charge is 2.01. The van der Waals surface area contributed by atoms with Gasteiger partial charge >= 0.3 is 0 Å². The van der Waals surface area contributed by atoms with Crippen LogP contribution in [0.25, 0.3) is 0 Å². The topological polar surface area (TPSA) is 35.2 Å². The Morgan fingerprint density at radius 1 is 1.57 bits per heavy atom. The van der Waals surface area contributed by atoms with E-state index in [2.05, 4.69) is 24.4 Å². The van der Waals surface area contributed by atoms with Crippen LogP contribution in [0.15, 0.2) is 17.5 Å². The van der Waals surface area contributed by atoms with E-state index in [1.165, 1.54) is 4.88 Å². The monoisotopic (exact) mass is 213 g/mol. The molecule has 80 valence electrons. The second-order valence-corrected chi connectivity index (χ2v) is 4.47. The normalized spacial score (nSPS) is 13.0. The Hall–Kier alpha value is -0.380. The summed E-state index contributed by atoms with van der Waals surface area (Å²) in [5.74, 6) is 0. The molecule has 0 saturated heterocycles. The lowest BCUT2D eigenvalue weighted by molar-refractivity contribution is 0.0619. The summed E-state index contributed by atoms with van der Waals surface area (Å²) in [6.45, 7) is 3.70. The first kappa shape index (κ1) is 11.7. The third kappa shape index (κ3) is 4.74. The van der Waals surface area contributed by atoms with Crippen molar-refractivity contribution in [3.8, 4) is 0 Å². The Morgan fingerprint density at radius 2 is 2.43 bits per heavy atom. The van der Waals surface area contributed by atoms with Crippen LogP contribution < -0.4 is 5.73 Å². The van der Waals surface area contributed by atoms with Gasteiger partial charge in [0.1, 0.15) is 0 Å². The summed E-state index contributed by atoms with van der Waals surface area (Å²) >= 11 is 1.79. The fraction of sp³-hybridized carbons (Fsp3) is 0.636. The van der Waals surface area contributed by atoms with E-state index < -0.39 is 0 Å². The minimum absolute atomic E-state index is 0.346. The summed E-state index contributed by atoms with van der Waals surface area (Å²) in [6.07, 6.45) is 3.50. The van der Waals surface area contributed by atoms with Crippen LogP contribution in [-0.4, -0.2) is 19.3 Å². The van der Waals surface area contributed by atoms with Crippen LogP contribution in [0, 0.1) is 0 Å². The van der Waals surface area contributed by atoms with Gasteiger partial charge in [-0.15, -0.1) is 11.3 Å². The minimum atomic E-state index is 0.346. The molecule has 1 aromatic rings. The molecule has 1 rings (SSSR count). The van der Waals surface area contributed by atoms with E-state index in [9.17, 15) is 0 Å². The number of hydrogen-bond acceptors (Lipinski definition) is 3. The number of rotatable bonds is 7. The van der Waals surface area contributed by atoms with E-state index in [0.717, 1.165) is 32.4 Å². The molecule has 0 aliphatic heterocycles. The maximum Gasteiger partial charge on any atom is 0.0547 e. The standard InChI is InChI=1S/C11H19NOS/c1-10(4-2-7-12)13-8-6-11-5-3-9-14-11/h3,5,9-10H,2,4,6-8,12H2,1H3. The van der Waals surface area contributed by atoms with Gasteiger partial charge in [-0.25, -0.2) is 0 Å². The van der Waals surface area contributed by atoms with Crippen molar-refractivity contribution in [3.63, 3.8) is 0 Å². The van der Waals surface area contributed by atoms with Gasteiger partial charge in [0.05, 0.1) is 12.7 Å². The molecule has 2 N–H and O–H groups in total. The summed E-state index contributed by atoms with van der Waals surface area (Å²) in [4.78, 5) is 1.40. The van der Waals surface area contributed by atoms with Crippen LogP contribution in [0.2, 0.25) is 0 Å². The number of hydrogen-bond donors (Lipinski definition) is 1. The summed E-state index contributed by atoms with van der Waals surface area (Å²) < 4.78 is 5.67. The van der Waals surface area contributed by atoms with Gasteiger partial charge in [0.25, 0.3) is 0 Å². The van der Waals surface area contributed by atoms with Crippen LogP contribution in [0.3, 0.4) is 0 Å². The smallest absolute Gasteiger partial charge is 0.0547 e. The highest BCUT2D eigenvalue weighted by molar-refractivity contribution is 7.09. The van der Waals surface area contributed by atoms with Gasteiger partial charge in [-0.05, 0) is 37.8 Å². The highest BCUT2D eigenvalue weighted by Crippen LogP contribution is 2.10. The lowest BCUT2D eigenvalue weighted by atomic mass is 10.2. The van der Waals surface area contributed by atoms with Crippen LogP contribution in [0.5, 0.6) is 0 Å². The van der Waals surface area contributed by atoms with Crippen LogP contribution in [0.4, 0.5) is 0 Å². The predicted octanol–water partition coefficient (Wildman–Crippen LogP) is 2.43. The van der Waals surface area contributed by atoms with Crippen LogP contribution >= 0.6 is 11.3 Å². The Labute approximate surface area is 90.1 Å². The molecular formula is C11H19NOS. The second-order valence-electron chi connectivity index (χ2n) is 3.44. The highest BCUT2D eigenvalue weighted by atomic mass is 32.1. The zero-order valence-electron chi connectivity index (χ0n) is 8.74. The summed E-state index contributed by atoms with van der Waals surface area (Å²) in [7, 11) is 0. The zero-order valence-corrected chi connectivity index (χ0v) is 9.56. The van der Waals surface area contributed by atoms with E-state index >= 15 is 0 Å². The van der Waals surface area contributed by atoms with Crippen molar-refractivity contribution in [1.29, 1.82) is 0 Å². The molecule has 0 bridgehead atoms. The molecule has 1 unspecified atom stereocenters. The van der Waals surface area contributed by atoms with Crippen molar-refractivity contribution in [2.24, 2.45) is 5.73 Å². The molecule has 2 nitrogen and oxygen atoms in total. The molecule has 0 saturated carbocycles. The molecule has 0 spiro atoms. The molecule has 0 aliphatic carbocycles. The molecule has 0 fully saturated rings. The molecule has 0 amide bonds. The second kappa shape index (κ2) is 6.98. The summed E-state index contributed by atoms with van der Waals surface area (Å²) in [5.41, 5.74) is 5.43. The minimum Gasteiger partial charge on any atom is -0.378 e. The Kier molecular flexibility index (Phi) is 5.83. The number of thiophene rings is 1. The van der Waals surface area contributed by atoms with E-state index in [1.54, 1.807) is 11.3 Å². The molecule has 1 atom stereocenters. The van der Waals surface area contributed by atoms with Gasteiger partial charge in [0.15, 0.2) is 0 Å². The maximum absolute atomic E-state index is 5.67. The van der Waals surface area contributed by atoms with Gasteiger partial charge in [-0.1, -0.05) is 6.07 Å². The number of nitrogens with two attached hydrogens (primary N) is 1. The summed E-state index contributed by atoms with van der Waals surface area (Å²) in [5, 5.41) is 2.10. The molecule has 1 aromatic heterocycles.